The van der Waals surface area contributed by atoms with Gasteiger partial charge in [0.2, 0.25) is 0 Å². The van der Waals surface area contributed by atoms with Crippen molar-refractivity contribution in [1.29, 1.82) is 0 Å². The van der Waals surface area contributed by atoms with Crippen molar-refractivity contribution >= 4 is 20.9 Å². The van der Waals surface area contributed by atoms with Gasteiger partial charge in [-0.15, -0.1) is 0 Å². The predicted molar refractivity (Wildman–Crippen MR) is 61.8 cm³/mol. The van der Waals surface area contributed by atoms with Crippen molar-refractivity contribution in [2.75, 3.05) is 5.75 Å². The molecule has 0 aliphatic rings. The standard InChI is InChI=1S/C11H11NO3S/c1-2-16(13,14)15-11-8-12-7-9-5-3-4-6-10(9)11/h3-8H,2H2,1H3. The first-order valence-corrected chi connectivity index (χ1v) is 6.45. The van der Waals surface area contributed by atoms with Crippen molar-refractivity contribution in [3.8, 4) is 5.75 Å². The average Bonchev–Trinajstić information content (AvgIpc) is 2.29. The van der Waals surface area contributed by atoms with Crippen molar-refractivity contribution in [3.63, 3.8) is 0 Å². The Kier molecular flexibility index (Phi) is 2.78. The van der Waals surface area contributed by atoms with Crippen LogP contribution in [0, 0.1) is 0 Å². The summed E-state index contributed by atoms with van der Waals surface area (Å²) < 4.78 is 27.7. The predicted octanol–water partition coefficient (Wildman–Crippen LogP) is 1.96. The van der Waals surface area contributed by atoms with Crippen LogP contribution in [0.2, 0.25) is 0 Å². The van der Waals surface area contributed by atoms with Crippen LogP contribution in [-0.4, -0.2) is 19.2 Å². The molecule has 0 spiro atoms. The van der Waals surface area contributed by atoms with Gasteiger partial charge >= 0.3 is 10.1 Å². The third-order valence-electron chi connectivity index (χ3n) is 2.20. The largest absolute Gasteiger partial charge is 0.380 e. The van der Waals surface area contributed by atoms with Crippen molar-refractivity contribution < 1.29 is 12.6 Å². The molecular weight excluding hydrogens is 226 g/mol. The summed E-state index contributed by atoms with van der Waals surface area (Å²) in [4.78, 5) is 3.94. The van der Waals surface area contributed by atoms with Gasteiger partial charge in [-0.3, -0.25) is 4.98 Å². The van der Waals surface area contributed by atoms with Crippen molar-refractivity contribution in [2.45, 2.75) is 6.92 Å². The topological polar surface area (TPSA) is 56.3 Å². The zero-order chi connectivity index (χ0) is 11.6. The highest BCUT2D eigenvalue weighted by Crippen LogP contribution is 2.24. The van der Waals surface area contributed by atoms with E-state index in [0.717, 1.165) is 10.8 Å². The summed E-state index contributed by atoms with van der Waals surface area (Å²) in [5, 5.41) is 1.60. The molecule has 0 bridgehead atoms. The van der Waals surface area contributed by atoms with Crippen LogP contribution in [-0.2, 0) is 10.1 Å². The highest BCUT2D eigenvalue weighted by molar-refractivity contribution is 7.87. The van der Waals surface area contributed by atoms with E-state index in [1.807, 2.05) is 18.2 Å². The minimum Gasteiger partial charge on any atom is -0.380 e. The Labute approximate surface area is 94.0 Å². The number of nitrogens with zero attached hydrogens (tertiary/aromatic N) is 1. The van der Waals surface area contributed by atoms with Crippen LogP contribution in [0.15, 0.2) is 36.7 Å². The van der Waals surface area contributed by atoms with Gasteiger partial charge in [0.1, 0.15) is 0 Å². The van der Waals surface area contributed by atoms with Gasteiger partial charge in [0.05, 0.1) is 11.9 Å². The van der Waals surface area contributed by atoms with E-state index in [2.05, 4.69) is 4.98 Å². The smallest absolute Gasteiger partial charge is 0.308 e. The summed E-state index contributed by atoms with van der Waals surface area (Å²) >= 11 is 0. The van der Waals surface area contributed by atoms with Gasteiger partial charge in [-0.25, -0.2) is 0 Å². The molecular formula is C11H11NO3S. The molecule has 84 valence electrons. The third kappa shape index (κ3) is 2.14. The summed E-state index contributed by atoms with van der Waals surface area (Å²) in [7, 11) is -3.50. The maximum atomic E-state index is 11.4. The molecule has 16 heavy (non-hydrogen) atoms. The number of rotatable bonds is 3. The Morgan fingerprint density at radius 3 is 2.75 bits per heavy atom. The van der Waals surface area contributed by atoms with Gasteiger partial charge in [0.15, 0.2) is 5.75 Å². The fraction of sp³-hybridized carbons (Fsp3) is 0.182. The number of fused-ring (bicyclic) bond motifs is 1. The maximum absolute atomic E-state index is 11.4. The molecule has 0 atom stereocenters. The first-order valence-electron chi connectivity index (χ1n) is 4.87. The van der Waals surface area contributed by atoms with Crippen molar-refractivity contribution in [3.05, 3.63) is 36.7 Å². The number of aromatic nitrogens is 1. The van der Waals surface area contributed by atoms with E-state index in [9.17, 15) is 8.42 Å². The lowest BCUT2D eigenvalue weighted by molar-refractivity contribution is 0.489. The monoisotopic (exact) mass is 237 g/mol. The lowest BCUT2D eigenvalue weighted by Crippen LogP contribution is -2.11. The minimum absolute atomic E-state index is 0.0593. The summed E-state index contributed by atoms with van der Waals surface area (Å²) in [6.07, 6.45) is 3.08. The molecule has 0 saturated carbocycles. The van der Waals surface area contributed by atoms with Crippen molar-refractivity contribution in [1.82, 2.24) is 4.98 Å². The lowest BCUT2D eigenvalue weighted by atomic mass is 10.2. The van der Waals surface area contributed by atoms with E-state index in [-0.39, 0.29) is 11.5 Å². The van der Waals surface area contributed by atoms with Crippen LogP contribution < -0.4 is 4.18 Å². The van der Waals surface area contributed by atoms with Gasteiger partial charge < -0.3 is 4.18 Å². The normalized spacial score (nSPS) is 11.6. The van der Waals surface area contributed by atoms with Gasteiger partial charge in [0.25, 0.3) is 0 Å². The summed E-state index contributed by atoms with van der Waals surface area (Å²) in [6.45, 7) is 1.54. The highest BCUT2D eigenvalue weighted by Gasteiger charge is 2.11. The second-order valence-corrected chi connectivity index (χ2v) is 5.15. The molecule has 2 aromatic rings. The molecule has 4 nitrogen and oxygen atoms in total. The molecule has 0 fully saturated rings. The van der Waals surface area contributed by atoms with Crippen LogP contribution in [0.25, 0.3) is 10.8 Å². The van der Waals surface area contributed by atoms with E-state index < -0.39 is 10.1 Å². The molecule has 0 saturated heterocycles. The average molecular weight is 237 g/mol. The number of benzene rings is 1. The molecule has 0 unspecified atom stereocenters. The molecule has 5 heteroatoms. The Morgan fingerprint density at radius 2 is 2.00 bits per heavy atom. The second kappa shape index (κ2) is 4.09. The minimum atomic E-state index is -3.50. The van der Waals surface area contributed by atoms with Crippen LogP contribution in [0.1, 0.15) is 6.92 Å². The van der Waals surface area contributed by atoms with Crippen LogP contribution in [0.4, 0.5) is 0 Å². The SMILES string of the molecule is CCS(=O)(=O)Oc1cncc2ccccc12. The molecule has 0 amide bonds. The fourth-order valence-corrected chi connectivity index (χ4v) is 1.88. The van der Waals surface area contributed by atoms with Crippen molar-refractivity contribution in [2.24, 2.45) is 0 Å². The number of hydrogen-bond acceptors (Lipinski definition) is 4. The van der Waals surface area contributed by atoms with E-state index in [1.165, 1.54) is 13.1 Å². The number of hydrogen-bond donors (Lipinski definition) is 0. The van der Waals surface area contributed by atoms with E-state index >= 15 is 0 Å². The Bertz CT molecular complexity index is 602. The Morgan fingerprint density at radius 1 is 1.25 bits per heavy atom. The van der Waals surface area contributed by atoms with Gasteiger partial charge in [-0.05, 0) is 6.92 Å². The lowest BCUT2D eigenvalue weighted by Gasteiger charge is -2.07. The first kappa shape index (κ1) is 10.9. The Hall–Kier alpha value is -1.62. The molecule has 1 heterocycles. The molecule has 0 radical (unpaired) electrons. The number of pyridine rings is 1. The van der Waals surface area contributed by atoms with Gasteiger partial charge in [-0.1, -0.05) is 24.3 Å². The second-order valence-electron chi connectivity index (χ2n) is 3.29. The zero-order valence-electron chi connectivity index (χ0n) is 8.75. The summed E-state index contributed by atoms with van der Waals surface area (Å²) in [5.74, 6) is 0.218. The zero-order valence-corrected chi connectivity index (χ0v) is 9.57. The van der Waals surface area contributed by atoms with Gasteiger partial charge in [0, 0.05) is 17.0 Å². The summed E-state index contributed by atoms with van der Waals surface area (Å²) in [6, 6.07) is 7.35. The Balaban J connectivity index is 2.53. The highest BCUT2D eigenvalue weighted by atomic mass is 32.2. The molecule has 0 aliphatic heterocycles. The van der Waals surface area contributed by atoms with E-state index in [0.29, 0.717) is 0 Å². The molecule has 1 aromatic heterocycles. The maximum Gasteiger partial charge on any atom is 0.308 e. The van der Waals surface area contributed by atoms with E-state index in [4.69, 9.17) is 4.18 Å². The fourth-order valence-electron chi connectivity index (χ4n) is 1.35. The van der Waals surface area contributed by atoms with Crippen LogP contribution >= 0.6 is 0 Å². The molecule has 2 rings (SSSR count). The third-order valence-corrected chi connectivity index (χ3v) is 3.34. The molecule has 0 N–H and O–H groups in total. The van der Waals surface area contributed by atoms with Crippen LogP contribution in [0.3, 0.4) is 0 Å². The first-order chi connectivity index (χ1) is 7.62. The molecule has 1 aromatic carbocycles. The van der Waals surface area contributed by atoms with Crippen LogP contribution in [0.5, 0.6) is 5.75 Å². The van der Waals surface area contributed by atoms with E-state index in [1.54, 1.807) is 12.3 Å². The van der Waals surface area contributed by atoms with Gasteiger partial charge in [-0.2, -0.15) is 8.42 Å². The summed E-state index contributed by atoms with van der Waals surface area (Å²) in [5.41, 5.74) is 0. The quantitative estimate of drug-likeness (QED) is 0.766. The molecule has 0 aliphatic carbocycles.